The van der Waals surface area contributed by atoms with Crippen LogP contribution in [0.2, 0.25) is 0 Å². The van der Waals surface area contributed by atoms with E-state index in [0.29, 0.717) is 6.42 Å². The van der Waals surface area contributed by atoms with Gasteiger partial charge in [0.2, 0.25) is 5.91 Å². The van der Waals surface area contributed by atoms with Crippen LogP contribution in [0.15, 0.2) is 48.7 Å². The van der Waals surface area contributed by atoms with Gasteiger partial charge in [-0.3, -0.25) is 9.89 Å². The number of benzene rings is 2. The summed E-state index contributed by atoms with van der Waals surface area (Å²) in [6.07, 6.45) is 2.10. The number of H-pyrrole nitrogens is 1. The summed E-state index contributed by atoms with van der Waals surface area (Å²) in [4.78, 5) is 14.2. The van der Waals surface area contributed by atoms with Crippen LogP contribution in [-0.2, 0) is 11.2 Å². The minimum atomic E-state index is -0.0274. The van der Waals surface area contributed by atoms with Crippen LogP contribution in [0.5, 0.6) is 0 Å². The molecule has 0 saturated carbocycles. The largest absolute Gasteiger partial charge is 0.378 e. The zero-order valence-corrected chi connectivity index (χ0v) is 12.6. The zero-order valence-electron chi connectivity index (χ0n) is 12.6. The molecule has 0 aliphatic rings. The first-order valence-corrected chi connectivity index (χ1v) is 7.11. The van der Waals surface area contributed by atoms with Gasteiger partial charge < -0.3 is 10.2 Å². The molecule has 0 unspecified atom stereocenters. The Morgan fingerprint density at radius 3 is 2.68 bits per heavy atom. The predicted octanol–water partition coefficient (Wildman–Crippen LogP) is 2.81. The quantitative estimate of drug-likeness (QED) is 0.778. The lowest BCUT2D eigenvalue weighted by molar-refractivity contribution is -0.115. The fraction of sp³-hybridized carbons (Fsp3) is 0.176. The maximum atomic E-state index is 12.1. The molecular formula is C17H18N4O. The molecule has 5 heteroatoms. The highest BCUT2D eigenvalue weighted by Gasteiger charge is 2.06. The summed E-state index contributed by atoms with van der Waals surface area (Å²) in [6, 6.07) is 13.7. The fourth-order valence-electron chi connectivity index (χ4n) is 2.32. The third kappa shape index (κ3) is 3.09. The molecule has 0 saturated heterocycles. The zero-order chi connectivity index (χ0) is 15.5. The molecule has 1 heterocycles. The van der Waals surface area contributed by atoms with Crippen LogP contribution in [0.25, 0.3) is 10.9 Å². The molecule has 0 fully saturated rings. The summed E-state index contributed by atoms with van der Waals surface area (Å²) in [5.74, 6) is -0.0274. The topological polar surface area (TPSA) is 61.0 Å². The van der Waals surface area contributed by atoms with E-state index in [4.69, 9.17) is 0 Å². The van der Waals surface area contributed by atoms with Gasteiger partial charge in [0.05, 0.1) is 18.1 Å². The number of fused-ring (bicyclic) bond motifs is 1. The van der Waals surface area contributed by atoms with Crippen LogP contribution >= 0.6 is 0 Å². The van der Waals surface area contributed by atoms with E-state index in [9.17, 15) is 4.79 Å². The van der Waals surface area contributed by atoms with Crippen LogP contribution < -0.4 is 10.2 Å². The highest BCUT2D eigenvalue weighted by molar-refractivity contribution is 5.94. The minimum absolute atomic E-state index is 0.0274. The van der Waals surface area contributed by atoms with Gasteiger partial charge in [-0.1, -0.05) is 12.1 Å². The Morgan fingerprint density at radius 2 is 1.95 bits per heavy atom. The van der Waals surface area contributed by atoms with Crippen LogP contribution in [-0.4, -0.2) is 30.2 Å². The van der Waals surface area contributed by atoms with Gasteiger partial charge in [-0.2, -0.15) is 5.10 Å². The highest BCUT2D eigenvalue weighted by atomic mass is 16.1. The van der Waals surface area contributed by atoms with Crippen molar-refractivity contribution in [2.45, 2.75) is 6.42 Å². The molecule has 2 N–H and O–H groups in total. The Kier molecular flexibility index (Phi) is 3.78. The van der Waals surface area contributed by atoms with Gasteiger partial charge in [0.1, 0.15) is 0 Å². The van der Waals surface area contributed by atoms with Crippen LogP contribution in [0.1, 0.15) is 5.56 Å². The molecule has 112 valence electrons. The Morgan fingerprint density at radius 1 is 1.18 bits per heavy atom. The number of carbonyl (C=O) groups is 1. The maximum Gasteiger partial charge on any atom is 0.228 e. The van der Waals surface area contributed by atoms with E-state index in [1.54, 1.807) is 6.20 Å². The molecule has 2 aromatic carbocycles. The van der Waals surface area contributed by atoms with Crippen molar-refractivity contribution in [1.29, 1.82) is 0 Å². The summed E-state index contributed by atoms with van der Waals surface area (Å²) < 4.78 is 0. The van der Waals surface area contributed by atoms with Crippen molar-refractivity contribution in [3.8, 4) is 0 Å². The molecule has 0 atom stereocenters. The van der Waals surface area contributed by atoms with Crippen molar-refractivity contribution in [2.24, 2.45) is 0 Å². The third-order valence-corrected chi connectivity index (χ3v) is 3.54. The van der Waals surface area contributed by atoms with E-state index in [0.717, 1.165) is 27.8 Å². The number of aromatic nitrogens is 2. The van der Waals surface area contributed by atoms with Gasteiger partial charge in [-0.05, 0) is 35.9 Å². The second-order valence-corrected chi connectivity index (χ2v) is 5.46. The fourth-order valence-corrected chi connectivity index (χ4v) is 2.32. The highest BCUT2D eigenvalue weighted by Crippen LogP contribution is 2.17. The lowest BCUT2D eigenvalue weighted by Gasteiger charge is -2.12. The monoisotopic (exact) mass is 294 g/mol. The Hall–Kier alpha value is -2.82. The molecule has 0 aliphatic carbocycles. The lowest BCUT2D eigenvalue weighted by atomic mass is 10.1. The van der Waals surface area contributed by atoms with E-state index < -0.39 is 0 Å². The molecule has 1 aromatic heterocycles. The molecule has 5 nitrogen and oxygen atoms in total. The number of nitrogens with zero attached hydrogens (tertiary/aromatic N) is 2. The minimum Gasteiger partial charge on any atom is -0.378 e. The molecule has 0 aliphatic heterocycles. The first-order valence-electron chi connectivity index (χ1n) is 7.11. The standard InChI is InChI=1S/C17H18N4O/c1-21(2)15-6-3-12(4-7-15)9-17(22)19-14-5-8-16-13(10-14)11-18-20-16/h3-8,10-11H,9H2,1-2H3,(H,18,20)(H,19,22). The Bertz CT molecular complexity index is 790. The van der Waals surface area contributed by atoms with Crippen LogP contribution in [0.4, 0.5) is 11.4 Å². The Labute approximate surface area is 128 Å². The van der Waals surface area contributed by atoms with Gasteiger partial charge in [0.25, 0.3) is 0 Å². The molecular weight excluding hydrogens is 276 g/mol. The van der Waals surface area contributed by atoms with E-state index in [-0.39, 0.29) is 5.91 Å². The van der Waals surface area contributed by atoms with Gasteiger partial charge in [0, 0.05) is 30.9 Å². The SMILES string of the molecule is CN(C)c1ccc(CC(=O)Nc2ccc3[nH]ncc3c2)cc1. The van der Waals surface area contributed by atoms with E-state index >= 15 is 0 Å². The number of carbonyl (C=O) groups excluding carboxylic acids is 1. The lowest BCUT2D eigenvalue weighted by Crippen LogP contribution is -2.14. The number of rotatable bonds is 4. The number of nitrogens with one attached hydrogen (secondary N) is 2. The average Bonchev–Trinajstić information content (AvgIpc) is 2.95. The number of amides is 1. The van der Waals surface area contributed by atoms with Gasteiger partial charge in [-0.25, -0.2) is 0 Å². The number of hydrogen-bond donors (Lipinski definition) is 2. The second kappa shape index (κ2) is 5.89. The number of aromatic amines is 1. The van der Waals surface area contributed by atoms with E-state index in [1.807, 2.05) is 61.5 Å². The normalized spacial score (nSPS) is 10.6. The summed E-state index contributed by atoms with van der Waals surface area (Å²) in [5.41, 5.74) is 3.85. The molecule has 0 spiro atoms. The molecule has 0 radical (unpaired) electrons. The molecule has 3 rings (SSSR count). The maximum absolute atomic E-state index is 12.1. The number of hydrogen-bond acceptors (Lipinski definition) is 3. The van der Waals surface area contributed by atoms with E-state index in [1.165, 1.54) is 0 Å². The van der Waals surface area contributed by atoms with Gasteiger partial charge in [0.15, 0.2) is 0 Å². The van der Waals surface area contributed by atoms with Gasteiger partial charge >= 0.3 is 0 Å². The van der Waals surface area contributed by atoms with E-state index in [2.05, 4.69) is 15.5 Å². The number of anilines is 2. The van der Waals surface area contributed by atoms with Crippen molar-refractivity contribution in [1.82, 2.24) is 10.2 Å². The first-order chi connectivity index (χ1) is 10.6. The average molecular weight is 294 g/mol. The van der Waals surface area contributed by atoms with Crippen LogP contribution in [0, 0.1) is 0 Å². The van der Waals surface area contributed by atoms with Crippen molar-refractivity contribution in [3.63, 3.8) is 0 Å². The Balaban J connectivity index is 1.66. The smallest absolute Gasteiger partial charge is 0.228 e. The molecule has 0 bridgehead atoms. The van der Waals surface area contributed by atoms with Crippen molar-refractivity contribution < 1.29 is 4.79 Å². The molecule has 3 aromatic rings. The van der Waals surface area contributed by atoms with Crippen molar-refractivity contribution >= 4 is 28.2 Å². The van der Waals surface area contributed by atoms with Crippen LogP contribution in [0.3, 0.4) is 0 Å². The predicted molar refractivity (Wildman–Crippen MR) is 89.2 cm³/mol. The van der Waals surface area contributed by atoms with Gasteiger partial charge in [-0.15, -0.1) is 0 Å². The summed E-state index contributed by atoms with van der Waals surface area (Å²) in [7, 11) is 3.99. The second-order valence-electron chi connectivity index (χ2n) is 5.46. The summed E-state index contributed by atoms with van der Waals surface area (Å²) in [6.45, 7) is 0. The third-order valence-electron chi connectivity index (χ3n) is 3.54. The summed E-state index contributed by atoms with van der Waals surface area (Å²) >= 11 is 0. The van der Waals surface area contributed by atoms with Crippen molar-refractivity contribution in [2.75, 3.05) is 24.3 Å². The molecule has 22 heavy (non-hydrogen) atoms. The van der Waals surface area contributed by atoms with Crippen molar-refractivity contribution in [3.05, 3.63) is 54.2 Å². The molecule has 1 amide bonds. The first kappa shape index (κ1) is 14.1. The summed E-state index contributed by atoms with van der Waals surface area (Å²) in [5, 5.41) is 10.8.